The highest BCUT2D eigenvalue weighted by Gasteiger charge is 2.61. The van der Waals surface area contributed by atoms with Crippen LogP contribution in [0, 0.1) is 23.7 Å². The molecule has 0 radical (unpaired) electrons. The van der Waals surface area contributed by atoms with Crippen molar-refractivity contribution in [2.24, 2.45) is 23.7 Å². The quantitative estimate of drug-likeness (QED) is 0.574. The van der Waals surface area contributed by atoms with E-state index >= 15 is 0 Å². The number of benzene rings is 2. The summed E-state index contributed by atoms with van der Waals surface area (Å²) in [5.41, 5.74) is 1.22. The van der Waals surface area contributed by atoms with Crippen molar-refractivity contribution in [2.75, 3.05) is 0 Å². The fourth-order valence-corrected chi connectivity index (χ4v) is 4.98. The van der Waals surface area contributed by atoms with Crippen molar-refractivity contribution in [3.05, 3.63) is 82.9 Å². The molecule has 5 nitrogen and oxygen atoms in total. The van der Waals surface area contributed by atoms with Crippen LogP contribution < -0.4 is 0 Å². The third-order valence-corrected chi connectivity index (χ3v) is 6.44. The van der Waals surface area contributed by atoms with Gasteiger partial charge < -0.3 is 0 Å². The lowest BCUT2D eigenvalue weighted by Gasteiger charge is -2.31. The Morgan fingerprint density at radius 2 is 1.52 bits per heavy atom. The summed E-state index contributed by atoms with van der Waals surface area (Å²) >= 11 is 5.95. The number of hydrogen-bond acceptors (Lipinski definition) is 3. The first-order valence-electron chi connectivity index (χ1n) is 9.72. The fraction of sp³-hybridized carbons (Fsp3) is 0.261. The number of imide groups is 1. The van der Waals surface area contributed by atoms with Gasteiger partial charge in [-0.3, -0.25) is 14.4 Å². The van der Waals surface area contributed by atoms with E-state index in [-0.39, 0.29) is 42.0 Å². The summed E-state index contributed by atoms with van der Waals surface area (Å²) in [4.78, 5) is 39.9. The molecular formula is C23H19ClN2O3. The van der Waals surface area contributed by atoms with E-state index in [1.807, 2.05) is 42.5 Å². The molecule has 2 aliphatic carbocycles. The molecule has 2 aromatic rings. The Morgan fingerprint density at radius 3 is 2.10 bits per heavy atom. The van der Waals surface area contributed by atoms with Crippen molar-refractivity contribution in [3.63, 3.8) is 0 Å². The van der Waals surface area contributed by atoms with Crippen LogP contribution >= 0.6 is 11.6 Å². The van der Waals surface area contributed by atoms with E-state index in [0.717, 1.165) is 17.0 Å². The number of carbonyl (C=O) groups excluding carboxylic acids is 3. The molecule has 2 bridgehead atoms. The van der Waals surface area contributed by atoms with Gasteiger partial charge in [0.2, 0.25) is 0 Å². The lowest BCUT2D eigenvalue weighted by atomic mass is 9.85. The normalized spacial score (nSPS) is 26.9. The number of allylic oxidation sites excluding steroid dienone is 2. The molecule has 0 aromatic heterocycles. The van der Waals surface area contributed by atoms with Crippen molar-refractivity contribution in [1.82, 2.24) is 10.0 Å². The SMILES string of the molecule is O=C(c1ccc(Cl)cc1)N(Cc1ccccc1)N1C(=O)[C@H]2[C@H](C1=O)[C@H]1C=C[C@H]2C1. The number of hydrazine groups is 1. The zero-order valence-electron chi connectivity index (χ0n) is 15.6. The Labute approximate surface area is 173 Å². The van der Waals surface area contributed by atoms with E-state index in [2.05, 4.69) is 0 Å². The maximum atomic E-state index is 13.4. The molecule has 1 saturated carbocycles. The van der Waals surface area contributed by atoms with Crippen LogP contribution in [0.2, 0.25) is 5.02 Å². The number of carbonyl (C=O) groups is 3. The average molecular weight is 407 g/mol. The predicted octanol–water partition coefficient (Wildman–Crippen LogP) is 3.70. The minimum Gasteiger partial charge on any atom is -0.272 e. The van der Waals surface area contributed by atoms with E-state index < -0.39 is 5.91 Å². The van der Waals surface area contributed by atoms with Crippen LogP contribution in [0.1, 0.15) is 22.3 Å². The number of hydrogen-bond donors (Lipinski definition) is 0. The summed E-state index contributed by atoms with van der Waals surface area (Å²) in [7, 11) is 0. The molecule has 146 valence electrons. The highest BCUT2D eigenvalue weighted by atomic mass is 35.5. The van der Waals surface area contributed by atoms with Gasteiger partial charge in [0.1, 0.15) is 0 Å². The molecular weight excluding hydrogens is 388 g/mol. The summed E-state index contributed by atoms with van der Waals surface area (Å²) in [5.74, 6) is -1.45. The van der Waals surface area contributed by atoms with Crippen LogP contribution in [-0.4, -0.2) is 27.7 Å². The largest absolute Gasteiger partial charge is 0.273 e. The van der Waals surface area contributed by atoms with Crippen LogP contribution in [0.5, 0.6) is 0 Å². The van der Waals surface area contributed by atoms with Crippen molar-refractivity contribution in [1.29, 1.82) is 0 Å². The Balaban J connectivity index is 1.52. The van der Waals surface area contributed by atoms with E-state index in [9.17, 15) is 14.4 Å². The third kappa shape index (κ3) is 2.88. The van der Waals surface area contributed by atoms with Crippen LogP contribution in [-0.2, 0) is 16.1 Å². The molecule has 1 aliphatic heterocycles. The number of fused-ring (bicyclic) bond motifs is 5. The minimum atomic E-state index is -0.396. The summed E-state index contributed by atoms with van der Waals surface area (Å²) < 4.78 is 0. The molecule has 6 heteroatoms. The van der Waals surface area contributed by atoms with Crippen LogP contribution in [0.25, 0.3) is 0 Å². The summed E-state index contributed by atoms with van der Waals surface area (Å²) in [6, 6.07) is 15.8. The van der Waals surface area contributed by atoms with Gasteiger partial charge in [0.25, 0.3) is 17.7 Å². The molecule has 0 unspecified atom stereocenters. The topological polar surface area (TPSA) is 57.7 Å². The van der Waals surface area contributed by atoms with Gasteiger partial charge in [0.15, 0.2) is 0 Å². The Hall–Kier alpha value is -2.92. The van der Waals surface area contributed by atoms with E-state index in [1.165, 1.54) is 5.01 Å². The predicted molar refractivity (Wildman–Crippen MR) is 107 cm³/mol. The first-order chi connectivity index (χ1) is 14.0. The van der Waals surface area contributed by atoms with Gasteiger partial charge in [-0.15, -0.1) is 0 Å². The van der Waals surface area contributed by atoms with Crippen molar-refractivity contribution >= 4 is 29.3 Å². The lowest BCUT2D eigenvalue weighted by Crippen LogP contribution is -2.50. The second-order valence-electron chi connectivity index (χ2n) is 7.84. The van der Waals surface area contributed by atoms with Crippen LogP contribution in [0.4, 0.5) is 0 Å². The first kappa shape index (κ1) is 18.1. The van der Waals surface area contributed by atoms with Gasteiger partial charge in [-0.25, -0.2) is 5.01 Å². The molecule has 2 fully saturated rings. The fourth-order valence-electron chi connectivity index (χ4n) is 4.86. The number of amides is 3. The zero-order chi connectivity index (χ0) is 20.1. The Bertz CT molecular complexity index is 988. The Morgan fingerprint density at radius 1 is 0.931 bits per heavy atom. The molecule has 29 heavy (non-hydrogen) atoms. The van der Waals surface area contributed by atoms with E-state index in [0.29, 0.717) is 10.6 Å². The second kappa shape index (κ2) is 6.85. The van der Waals surface area contributed by atoms with Crippen molar-refractivity contribution in [2.45, 2.75) is 13.0 Å². The van der Waals surface area contributed by atoms with Gasteiger partial charge >= 0.3 is 0 Å². The standard InChI is InChI=1S/C23H19ClN2O3/c24-18-10-8-15(9-11-18)21(27)25(13-14-4-2-1-3-5-14)26-22(28)19-16-6-7-17(12-16)20(19)23(26)29/h1-11,16-17,19-20H,12-13H2/t16-,17-,19+,20+/m0/s1. The maximum absolute atomic E-state index is 13.4. The van der Waals surface area contributed by atoms with E-state index in [4.69, 9.17) is 11.6 Å². The van der Waals surface area contributed by atoms with Crippen LogP contribution in [0.15, 0.2) is 66.7 Å². The highest BCUT2D eigenvalue weighted by molar-refractivity contribution is 6.30. The minimum absolute atomic E-state index is 0.0932. The average Bonchev–Trinajstić information content (AvgIpc) is 3.41. The number of halogens is 1. The van der Waals surface area contributed by atoms with Crippen LogP contribution in [0.3, 0.4) is 0 Å². The van der Waals surface area contributed by atoms with Crippen molar-refractivity contribution in [3.8, 4) is 0 Å². The summed E-state index contributed by atoms with van der Waals surface area (Å²) in [6.45, 7) is 0.141. The first-order valence-corrected chi connectivity index (χ1v) is 10.1. The third-order valence-electron chi connectivity index (χ3n) is 6.19. The molecule has 3 aliphatic rings. The van der Waals surface area contributed by atoms with Gasteiger partial charge in [0.05, 0.1) is 18.4 Å². The molecule has 1 heterocycles. The van der Waals surface area contributed by atoms with Crippen molar-refractivity contribution < 1.29 is 14.4 Å². The second-order valence-corrected chi connectivity index (χ2v) is 8.28. The maximum Gasteiger partial charge on any atom is 0.273 e. The Kier molecular flexibility index (Phi) is 4.28. The molecule has 0 N–H and O–H groups in total. The van der Waals surface area contributed by atoms with Gasteiger partial charge in [-0.2, -0.15) is 5.01 Å². The lowest BCUT2D eigenvalue weighted by molar-refractivity contribution is -0.156. The molecule has 1 saturated heterocycles. The molecule has 2 aromatic carbocycles. The molecule has 3 amide bonds. The monoisotopic (exact) mass is 406 g/mol. The molecule has 5 rings (SSSR count). The summed E-state index contributed by atoms with van der Waals surface area (Å²) in [6.07, 6.45) is 4.94. The number of nitrogens with zero attached hydrogens (tertiary/aromatic N) is 2. The molecule has 0 spiro atoms. The van der Waals surface area contributed by atoms with E-state index in [1.54, 1.807) is 24.3 Å². The summed E-state index contributed by atoms with van der Waals surface area (Å²) in [5, 5.41) is 2.91. The van der Waals surface area contributed by atoms with Gasteiger partial charge in [0, 0.05) is 10.6 Å². The highest BCUT2D eigenvalue weighted by Crippen LogP contribution is 2.52. The zero-order valence-corrected chi connectivity index (χ0v) is 16.3. The van der Waals surface area contributed by atoms with Gasteiger partial charge in [-0.05, 0) is 48.1 Å². The smallest absolute Gasteiger partial charge is 0.272 e. The number of rotatable bonds is 4. The van der Waals surface area contributed by atoms with Gasteiger partial charge in [-0.1, -0.05) is 54.1 Å². The molecule has 4 atom stereocenters.